The molecular formula is C18H18Cl2N2O3S. The summed E-state index contributed by atoms with van der Waals surface area (Å²) < 4.78 is 26.5. The summed E-state index contributed by atoms with van der Waals surface area (Å²) in [5.41, 5.74) is 2.52. The molecule has 2 aromatic carbocycles. The maximum atomic E-state index is 12.7. The molecule has 0 saturated carbocycles. The van der Waals surface area contributed by atoms with Crippen molar-refractivity contribution in [3.05, 3.63) is 57.6 Å². The Morgan fingerprint density at radius 2 is 1.77 bits per heavy atom. The van der Waals surface area contributed by atoms with Gasteiger partial charge in [0.1, 0.15) is 0 Å². The van der Waals surface area contributed by atoms with Crippen LogP contribution in [-0.2, 0) is 27.7 Å². The molecule has 1 aliphatic rings. The first-order valence-corrected chi connectivity index (χ1v) is 10.3. The molecule has 26 heavy (non-hydrogen) atoms. The van der Waals surface area contributed by atoms with Crippen molar-refractivity contribution in [3.8, 4) is 0 Å². The lowest BCUT2D eigenvalue weighted by molar-refractivity contribution is -0.116. The van der Waals surface area contributed by atoms with Crippen molar-refractivity contribution in [1.82, 2.24) is 4.31 Å². The van der Waals surface area contributed by atoms with Gasteiger partial charge in [0, 0.05) is 7.05 Å². The average Bonchev–Trinajstić information content (AvgIpc) is 3.06. The highest BCUT2D eigenvalue weighted by molar-refractivity contribution is 7.89. The number of anilines is 1. The highest BCUT2D eigenvalue weighted by Crippen LogP contribution is 2.30. The molecule has 5 nitrogen and oxygen atoms in total. The second-order valence-electron chi connectivity index (χ2n) is 6.19. The lowest BCUT2D eigenvalue weighted by Crippen LogP contribution is -2.35. The molecule has 138 valence electrons. The van der Waals surface area contributed by atoms with Crippen LogP contribution in [0.4, 0.5) is 5.69 Å². The van der Waals surface area contributed by atoms with Crippen molar-refractivity contribution in [2.45, 2.75) is 24.2 Å². The number of hydrogen-bond donors (Lipinski definition) is 1. The minimum Gasteiger partial charge on any atom is -0.322 e. The van der Waals surface area contributed by atoms with E-state index in [9.17, 15) is 13.2 Å². The van der Waals surface area contributed by atoms with Crippen molar-refractivity contribution >= 4 is 44.8 Å². The molecule has 0 saturated heterocycles. The van der Waals surface area contributed by atoms with E-state index in [2.05, 4.69) is 5.32 Å². The average molecular weight is 413 g/mol. The molecule has 0 spiro atoms. The summed E-state index contributed by atoms with van der Waals surface area (Å²) in [4.78, 5) is 12.5. The van der Waals surface area contributed by atoms with Crippen molar-refractivity contribution in [1.29, 1.82) is 0 Å². The van der Waals surface area contributed by atoms with E-state index in [1.54, 1.807) is 30.3 Å². The topological polar surface area (TPSA) is 66.5 Å². The van der Waals surface area contributed by atoms with Crippen LogP contribution in [0.25, 0.3) is 0 Å². The first kappa shape index (κ1) is 19.2. The maximum absolute atomic E-state index is 12.7. The highest BCUT2D eigenvalue weighted by atomic mass is 35.5. The minimum absolute atomic E-state index is 0.198. The van der Waals surface area contributed by atoms with Gasteiger partial charge in [-0.05, 0) is 54.7 Å². The number of carbonyl (C=O) groups is 1. The largest absolute Gasteiger partial charge is 0.322 e. The molecular weight excluding hydrogens is 395 g/mol. The number of carbonyl (C=O) groups excluding carboxylic acids is 1. The van der Waals surface area contributed by atoms with Crippen molar-refractivity contribution in [3.63, 3.8) is 0 Å². The number of nitrogens with zero attached hydrogens (tertiary/aromatic N) is 1. The van der Waals surface area contributed by atoms with Crippen LogP contribution in [0.2, 0.25) is 10.0 Å². The fourth-order valence-electron chi connectivity index (χ4n) is 2.97. The Labute approximate surface area is 163 Å². The van der Waals surface area contributed by atoms with Crippen LogP contribution in [-0.4, -0.2) is 32.2 Å². The zero-order valence-corrected chi connectivity index (χ0v) is 16.5. The third kappa shape index (κ3) is 3.88. The zero-order valence-electron chi connectivity index (χ0n) is 14.1. The van der Waals surface area contributed by atoms with Crippen molar-refractivity contribution in [2.75, 3.05) is 18.9 Å². The first-order valence-electron chi connectivity index (χ1n) is 8.11. The molecule has 8 heteroatoms. The van der Waals surface area contributed by atoms with Gasteiger partial charge >= 0.3 is 0 Å². The van der Waals surface area contributed by atoms with E-state index < -0.39 is 15.9 Å². The van der Waals surface area contributed by atoms with Crippen LogP contribution in [0.15, 0.2) is 41.3 Å². The summed E-state index contributed by atoms with van der Waals surface area (Å²) in [6.07, 6.45) is 2.90. The number of benzene rings is 2. The van der Waals surface area contributed by atoms with E-state index in [4.69, 9.17) is 23.2 Å². The van der Waals surface area contributed by atoms with Gasteiger partial charge in [-0.25, -0.2) is 8.42 Å². The van der Waals surface area contributed by atoms with Crippen LogP contribution in [0.1, 0.15) is 17.5 Å². The SMILES string of the molecule is CN(CC(=O)Nc1c(Cl)cccc1Cl)S(=O)(=O)c1ccc2c(c1)CCC2. The zero-order chi connectivity index (χ0) is 18.9. The number of hydrogen-bond acceptors (Lipinski definition) is 3. The molecule has 0 atom stereocenters. The number of halogens is 2. The fourth-order valence-corrected chi connectivity index (χ4v) is 4.64. The Kier molecular flexibility index (Phi) is 5.58. The number of rotatable bonds is 5. The van der Waals surface area contributed by atoms with Gasteiger partial charge in [-0.15, -0.1) is 0 Å². The third-order valence-corrected chi connectivity index (χ3v) is 6.80. The highest BCUT2D eigenvalue weighted by Gasteiger charge is 2.25. The Bertz CT molecular complexity index is 941. The summed E-state index contributed by atoms with van der Waals surface area (Å²) in [6.45, 7) is -0.346. The smallest absolute Gasteiger partial charge is 0.243 e. The van der Waals surface area contributed by atoms with Gasteiger partial charge in [-0.1, -0.05) is 35.3 Å². The molecule has 0 heterocycles. The second-order valence-corrected chi connectivity index (χ2v) is 9.05. The van der Waals surface area contributed by atoms with E-state index >= 15 is 0 Å². The van der Waals surface area contributed by atoms with E-state index in [1.807, 2.05) is 6.07 Å². The number of nitrogens with one attached hydrogen (secondary N) is 1. The van der Waals surface area contributed by atoms with Gasteiger partial charge in [-0.3, -0.25) is 4.79 Å². The van der Waals surface area contributed by atoms with Gasteiger partial charge in [0.25, 0.3) is 0 Å². The third-order valence-electron chi connectivity index (χ3n) is 4.37. The molecule has 2 aromatic rings. The maximum Gasteiger partial charge on any atom is 0.243 e. The van der Waals surface area contributed by atoms with Crippen molar-refractivity contribution < 1.29 is 13.2 Å². The van der Waals surface area contributed by atoms with Crippen molar-refractivity contribution in [2.24, 2.45) is 0 Å². The molecule has 1 aliphatic carbocycles. The molecule has 1 amide bonds. The Balaban J connectivity index is 1.74. The Morgan fingerprint density at radius 3 is 2.46 bits per heavy atom. The number of sulfonamides is 1. The second kappa shape index (κ2) is 7.56. The molecule has 1 N–H and O–H groups in total. The van der Waals surface area contributed by atoms with Crippen LogP contribution in [0.3, 0.4) is 0 Å². The lowest BCUT2D eigenvalue weighted by atomic mass is 10.1. The summed E-state index contributed by atoms with van der Waals surface area (Å²) in [6, 6.07) is 10.00. The lowest BCUT2D eigenvalue weighted by Gasteiger charge is -2.18. The molecule has 0 aliphatic heterocycles. The van der Waals surface area contributed by atoms with E-state index in [-0.39, 0.29) is 27.2 Å². The molecule has 0 fully saturated rings. The summed E-state index contributed by atoms with van der Waals surface area (Å²) in [7, 11) is -2.39. The van der Waals surface area contributed by atoms with Gasteiger partial charge in [0.05, 0.1) is 27.2 Å². The van der Waals surface area contributed by atoms with Crippen LogP contribution in [0, 0.1) is 0 Å². The van der Waals surface area contributed by atoms with Crippen LogP contribution in [0.5, 0.6) is 0 Å². The van der Waals surface area contributed by atoms with Gasteiger partial charge in [-0.2, -0.15) is 4.31 Å². The number of para-hydroxylation sites is 1. The van der Waals surface area contributed by atoms with E-state index in [1.165, 1.54) is 12.6 Å². The Morgan fingerprint density at radius 1 is 1.12 bits per heavy atom. The molecule has 0 unspecified atom stereocenters. The number of aryl methyl sites for hydroxylation is 2. The number of fused-ring (bicyclic) bond motifs is 1. The first-order chi connectivity index (χ1) is 12.3. The van der Waals surface area contributed by atoms with Crippen LogP contribution >= 0.6 is 23.2 Å². The number of likely N-dealkylation sites (N-methyl/N-ethyl adjacent to an activating group) is 1. The predicted molar refractivity (Wildman–Crippen MR) is 103 cm³/mol. The molecule has 0 aromatic heterocycles. The predicted octanol–water partition coefficient (Wildman–Crippen LogP) is 3.74. The molecule has 0 radical (unpaired) electrons. The minimum atomic E-state index is -3.76. The summed E-state index contributed by atoms with van der Waals surface area (Å²) >= 11 is 12.0. The van der Waals surface area contributed by atoms with Gasteiger partial charge in [0.2, 0.25) is 15.9 Å². The van der Waals surface area contributed by atoms with Gasteiger partial charge in [0.15, 0.2) is 0 Å². The van der Waals surface area contributed by atoms with Gasteiger partial charge < -0.3 is 5.32 Å². The fraction of sp³-hybridized carbons (Fsp3) is 0.278. The van der Waals surface area contributed by atoms with E-state index in [0.717, 1.165) is 29.1 Å². The standard InChI is InChI=1S/C18H18Cl2N2O3S/c1-22(11-17(23)21-18-15(19)6-3-7-16(18)20)26(24,25)14-9-8-12-4-2-5-13(12)10-14/h3,6-10H,2,4-5,11H2,1H3,(H,21,23). The molecule has 3 rings (SSSR count). The number of amides is 1. The normalized spacial score (nSPS) is 13.7. The summed E-state index contributed by atoms with van der Waals surface area (Å²) in [5, 5.41) is 3.14. The Hall–Kier alpha value is -1.60. The summed E-state index contributed by atoms with van der Waals surface area (Å²) in [5.74, 6) is -0.521. The molecule has 0 bridgehead atoms. The monoisotopic (exact) mass is 412 g/mol. The quantitative estimate of drug-likeness (QED) is 0.812. The van der Waals surface area contributed by atoms with E-state index in [0.29, 0.717) is 0 Å². The van der Waals surface area contributed by atoms with Crippen LogP contribution < -0.4 is 5.32 Å².